The van der Waals surface area contributed by atoms with E-state index in [0.29, 0.717) is 4.88 Å². The molecule has 1 fully saturated rings. The average Bonchev–Trinajstić information content (AvgIpc) is 3.10. The van der Waals surface area contributed by atoms with Crippen LogP contribution in [0.2, 0.25) is 0 Å². The second kappa shape index (κ2) is 5.80. The predicted octanol–water partition coefficient (Wildman–Crippen LogP) is 0.661. The van der Waals surface area contributed by atoms with Gasteiger partial charge in [-0.25, -0.2) is 4.79 Å². The number of carbonyl (C=O) groups is 3. The van der Waals surface area contributed by atoms with E-state index in [9.17, 15) is 24.6 Å². The minimum Gasteiger partial charge on any atom is -0.452 e. The molecule has 0 radical (unpaired) electrons. The van der Waals surface area contributed by atoms with E-state index < -0.39 is 47.4 Å². The lowest BCUT2D eigenvalue weighted by molar-refractivity contribution is -0.158. The summed E-state index contributed by atoms with van der Waals surface area (Å²) in [5.74, 6) is -4.06. The lowest BCUT2D eigenvalue weighted by atomic mass is 9.80. The molecule has 2 heterocycles. The molecule has 0 amide bonds. The van der Waals surface area contributed by atoms with Crippen molar-refractivity contribution in [1.29, 1.82) is 0 Å². The fourth-order valence-electron chi connectivity index (χ4n) is 3.37. The van der Waals surface area contributed by atoms with Gasteiger partial charge in [-0.2, -0.15) is 0 Å². The summed E-state index contributed by atoms with van der Waals surface area (Å²) in [4.78, 5) is 36.3. The third-order valence-electron chi connectivity index (χ3n) is 4.52. The molecule has 1 aliphatic heterocycles. The number of fused-ring (bicyclic) bond motifs is 1. The van der Waals surface area contributed by atoms with Crippen LogP contribution in [-0.4, -0.2) is 45.7 Å². The molecular weight excluding hydrogens is 336 g/mol. The highest BCUT2D eigenvalue weighted by atomic mass is 32.1. The van der Waals surface area contributed by atoms with Crippen LogP contribution in [0.1, 0.15) is 23.5 Å². The Bertz CT molecular complexity index is 719. The molecule has 2 aliphatic rings. The van der Waals surface area contributed by atoms with Crippen LogP contribution in [-0.2, 0) is 19.1 Å². The van der Waals surface area contributed by atoms with E-state index >= 15 is 0 Å². The van der Waals surface area contributed by atoms with E-state index in [4.69, 9.17) is 9.47 Å². The van der Waals surface area contributed by atoms with E-state index in [2.05, 4.69) is 0 Å². The molecule has 0 spiro atoms. The molecule has 8 heteroatoms. The van der Waals surface area contributed by atoms with Crippen LogP contribution in [0, 0.1) is 11.8 Å². The molecule has 1 aromatic heterocycles. The second-order valence-electron chi connectivity index (χ2n) is 6.09. The molecule has 128 valence electrons. The minimum absolute atomic E-state index is 0.0852. The van der Waals surface area contributed by atoms with Crippen molar-refractivity contribution in [1.82, 2.24) is 0 Å². The smallest absolute Gasteiger partial charge is 0.348 e. The Morgan fingerprint density at radius 2 is 2.12 bits per heavy atom. The number of aliphatic hydroxyl groups excluding tert-OH is 1. The Hall–Kier alpha value is -2.03. The Morgan fingerprint density at radius 1 is 1.42 bits per heavy atom. The lowest BCUT2D eigenvalue weighted by Crippen LogP contribution is -2.48. The van der Waals surface area contributed by atoms with Crippen LogP contribution in [0.15, 0.2) is 29.3 Å². The van der Waals surface area contributed by atoms with E-state index in [0.717, 1.165) is 17.6 Å². The Morgan fingerprint density at radius 3 is 2.71 bits per heavy atom. The van der Waals surface area contributed by atoms with Gasteiger partial charge >= 0.3 is 11.9 Å². The summed E-state index contributed by atoms with van der Waals surface area (Å²) in [7, 11) is 0. The predicted molar refractivity (Wildman–Crippen MR) is 82.0 cm³/mol. The Kier molecular flexibility index (Phi) is 4.06. The molecule has 1 aliphatic carbocycles. The summed E-state index contributed by atoms with van der Waals surface area (Å²) < 4.78 is 10.1. The number of hydrogen-bond donors (Lipinski definition) is 2. The molecule has 24 heavy (non-hydrogen) atoms. The van der Waals surface area contributed by atoms with Gasteiger partial charge in [-0.3, -0.25) is 9.59 Å². The van der Waals surface area contributed by atoms with Gasteiger partial charge < -0.3 is 19.7 Å². The van der Waals surface area contributed by atoms with Crippen LogP contribution in [0.3, 0.4) is 0 Å². The normalized spacial score (nSPS) is 35.0. The number of ketones is 1. The van der Waals surface area contributed by atoms with E-state index in [-0.39, 0.29) is 5.57 Å². The highest BCUT2D eigenvalue weighted by Gasteiger charge is 2.65. The van der Waals surface area contributed by atoms with Gasteiger partial charge in [-0.15, -0.1) is 11.3 Å². The number of carbonyl (C=O) groups excluding carboxylic acids is 3. The molecule has 0 unspecified atom stereocenters. The number of cyclic esters (lactones) is 1. The van der Waals surface area contributed by atoms with Gasteiger partial charge in [-0.05, 0) is 25.3 Å². The maximum atomic E-state index is 12.2. The maximum Gasteiger partial charge on any atom is 0.348 e. The number of Topliss-reactive ketones (excluding diaryl/α,β-unsaturated/α-hetero) is 1. The van der Waals surface area contributed by atoms with Crippen LogP contribution in [0.25, 0.3) is 0 Å². The standard InChI is InChI=1S/C16H16O7S/c1-7(17)8-6-22-15(20)11-10(8)12(18)13(16(11,2)21)23-14(19)9-4-3-5-24-9/h3-6,10-13,18,21H,1-2H3/t10-,11-,12+,13+,16-/m1/s1. The van der Waals surface area contributed by atoms with Crippen LogP contribution < -0.4 is 0 Å². The lowest BCUT2D eigenvalue weighted by Gasteiger charge is -2.31. The topological polar surface area (TPSA) is 110 Å². The van der Waals surface area contributed by atoms with Gasteiger partial charge in [-0.1, -0.05) is 6.07 Å². The third-order valence-corrected chi connectivity index (χ3v) is 5.37. The SMILES string of the molecule is CC(=O)C1=COC(=O)[C@H]2[C@@H]1[C@H](O)[C@H](OC(=O)c1cccs1)[C@]2(C)O. The van der Waals surface area contributed by atoms with Crippen LogP contribution in [0.4, 0.5) is 0 Å². The highest BCUT2D eigenvalue weighted by molar-refractivity contribution is 7.11. The number of aliphatic hydroxyl groups is 2. The van der Waals surface area contributed by atoms with Crippen molar-refractivity contribution in [2.24, 2.45) is 11.8 Å². The monoisotopic (exact) mass is 352 g/mol. The van der Waals surface area contributed by atoms with Crippen molar-refractivity contribution in [3.05, 3.63) is 34.2 Å². The summed E-state index contributed by atoms with van der Waals surface area (Å²) in [6.45, 7) is 2.56. The molecule has 0 aromatic carbocycles. The average molecular weight is 352 g/mol. The molecule has 1 saturated carbocycles. The number of rotatable bonds is 3. The van der Waals surface area contributed by atoms with Gasteiger partial charge in [0, 0.05) is 11.5 Å². The Labute approximate surface area is 141 Å². The summed E-state index contributed by atoms with van der Waals surface area (Å²) >= 11 is 1.15. The summed E-state index contributed by atoms with van der Waals surface area (Å²) in [5.41, 5.74) is -1.79. The van der Waals surface area contributed by atoms with E-state index in [1.165, 1.54) is 13.8 Å². The molecule has 1 aromatic rings. The summed E-state index contributed by atoms with van der Waals surface area (Å²) in [5, 5.41) is 23.0. The van der Waals surface area contributed by atoms with Crippen molar-refractivity contribution in [2.75, 3.05) is 0 Å². The second-order valence-corrected chi connectivity index (χ2v) is 7.04. The van der Waals surface area contributed by atoms with Gasteiger partial charge in [0.2, 0.25) is 0 Å². The first-order valence-corrected chi connectivity index (χ1v) is 8.19. The van der Waals surface area contributed by atoms with Crippen molar-refractivity contribution in [3.8, 4) is 0 Å². The quantitative estimate of drug-likeness (QED) is 0.769. The zero-order valence-corrected chi connectivity index (χ0v) is 13.8. The van der Waals surface area contributed by atoms with Crippen molar-refractivity contribution < 1.29 is 34.1 Å². The van der Waals surface area contributed by atoms with Crippen molar-refractivity contribution in [2.45, 2.75) is 31.7 Å². The summed E-state index contributed by atoms with van der Waals surface area (Å²) in [6, 6.07) is 3.21. The fraction of sp³-hybridized carbons (Fsp3) is 0.438. The molecular formula is C16H16O7S. The maximum absolute atomic E-state index is 12.2. The summed E-state index contributed by atoms with van der Waals surface area (Å²) in [6.07, 6.45) is -1.78. The first-order chi connectivity index (χ1) is 11.2. The van der Waals surface area contributed by atoms with E-state index in [1.54, 1.807) is 17.5 Å². The third kappa shape index (κ3) is 2.47. The zero-order chi connectivity index (χ0) is 17.6. The number of ether oxygens (including phenoxy) is 2. The fourth-order valence-corrected chi connectivity index (χ4v) is 3.97. The molecule has 3 rings (SSSR count). The first kappa shape index (κ1) is 16.8. The number of thiophene rings is 1. The van der Waals surface area contributed by atoms with Gasteiger partial charge in [0.05, 0.1) is 5.92 Å². The minimum atomic E-state index is -1.87. The molecule has 0 bridgehead atoms. The van der Waals surface area contributed by atoms with E-state index in [1.807, 2.05) is 0 Å². The van der Waals surface area contributed by atoms with Gasteiger partial charge in [0.1, 0.15) is 22.8 Å². The Balaban J connectivity index is 1.95. The van der Waals surface area contributed by atoms with Crippen molar-refractivity contribution >= 4 is 29.1 Å². The largest absolute Gasteiger partial charge is 0.452 e. The van der Waals surface area contributed by atoms with Gasteiger partial charge in [0.25, 0.3) is 0 Å². The van der Waals surface area contributed by atoms with Gasteiger partial charge in [0.15, 0.2) is 11.9 Å². The zero-order valence-electron chi connectivity index (χ0n) is 13.0. The first-order valence-electron chi connectivity index (χ1n) is 7.31. The molecule has 7 nitrogen and oxygen atoms in total. The molecule has 5 atom stereocenters. The number of esters is 2. The molecule has 2 N–H and O–H groups in total. The van der Waals surface area contributed by atoms with Crippen LogP contribution in [0.5, 0.6) is 0 Å². The van der Waals surface area contributed by atoms with Crippen LogP contribution >= 0.6 is 11.3 Å². The molecule has 0 saturated heterocycles. The number of hydrogen-bond acceptors (Lipinski definition) is 8. The highest BCUT2D eigenvalue weighted by Crippen LogP contribution is 2.48. The van der Waals surface area contributed by atoms with Crippen molar-refractivity contribution in [3.63, 3.8) is 0 Å².